The molecular weight excluding hydrogens is 252 g/mol. The number of piperazine rings is 1. The molecule has 1 fully saturated rings. The maximum atomic E-state index is 12.1. The lowest BCUT2D eigenvalue weighted by molar-refractivity contribution is -0.152. The molecule has 1 saturated heterocycles. The van der Waals surface area contributed by atoms with Crippen molar-refractivity contribution in [2.24, 2.45) is 0 Å². The van der Waals surface area contributed by atoms with Crippen LogP contribution in [0.15, 0.2) is 0 Å². The summed E-state index contributed by atoms with van der Waals surface area (Å²) >= 11 is 0. The van der Waals surface area contributed by atoms with Gasteiger partial charge in [0.1, 0.15) is 0 Å². The lowest BCUT2D eigenvalue weighted by atomic mass is 10.00. The van der Waals surface area contributed by atoms with Crippen molar-refractivity contribution in [3.8, 4) is 0 Å². The zero-order valence-corrected chi connectivity index (χ0v) is 13.3. The molecule has 0 unspecified atom stereocenters. The third-order valence-electron chi connectivity index (χ3n) is 4.00. The van der Waals surface area contributed by atoms with Crippen molar-refractivity contribution in [2.75, 3.05) is 13.1 Å². The number of nitrogens with zero attached hydrogens (tertiary/aromatic N) is 1. The van der Waals surface area contributed by atoms with Crippen LogP contribution in [0.3, 0.4) is 0 Å². The number of nitrogens with one attached hydrogen (secondary N) is 1. The van der Waals surface area contributed by atoms with E-state index in [4.69, 9.17) is 0 Å². The zero-order valence-electron chi connectivity index (χ0n) is 13.3. The maximum Gasteiger partial charge on any atom is 0.248 e. The topological polar surface area (TPSA) is 49.4 Å². The van der Waals surface area contributed by atoms with Gasteiger partial charge in [-0.05, 0) is 20.3 Å². The van der Waals surface area contributed by atoms with Crippen LogP contribution in [0.1, 0.15) is 72.1 Å². The molecule has 0 spiro atoms. The molecule has 0 saturated carbocycles. The van der Waals surface area contributed by atoms with Gasteiger partial charge in [0.15, 0.2) is 0 Å². The third-order valence-corrected chi connectivity index (χ3v) is 4.00. The molecule has 0 atom stereocenters. The molecule has 0 bridgehead atoms. The van der Waals surface area contributed by atoms with Crippen LogP contribution in [0.2, 0.25) is 0 Å². The molecule has 1 aliphatic heterocycles. The first-order valence-electron chi connectivity index (χ1n) is 8.09. The van der Waals surface area contributed by atoms with Gasteiger partial charge >= 0.3 is 0 Å². The molecular formula is C16H30N2O2. The Labute approximate surface area is 123 Å². The monoisotopic (exact) mass is 282 g/mol. The number of imide groups is 1. The first-order valence-corrected chi connectivity index (χ1v) is 8.09. The molecule has 1 N–H and O–H groups in total. The second kappa shape index (κ2) is 8.40. The Morgan fingerprint density at radius 1 is 1.00 bits per heavy atom. The number of hydrogen-bond acceptors (Lipinski definition) is 3. The van der Waals surface area contributed by atoms with Crippen LogP contribution in [-0.2, 0) is 9.59 Å². The number of hydrogen-bond donors (Lipinski definition) is 1. The Hall–Kier alpha value is -0.900. The maximum absolute atomic E-state index is 12.1. The SMILES string of the molecule is CCCCCCCCCCN1C(=O)CNC(C)(C)C1=O. The van der Waals surface area contributed by atoms with Gasteiger partial charge in [0.25, 0.3) is 0 Å². The zero-order chi connectivity index (χ0) is 15.0. The van der Waals surface area contributed by atoms with Crippen molar-refractivity contribution in [3.63, 3.8) is 0 Å². The van der Waals surface area contributed by atoms with Gasteiger partial charge in [-0.3, -0.25) is 19.8 Å². The first kappa shape index (κ1) is 17.2. The van der Waals surface area contributed by atoms with Crippen molar-refractivity contribution in [1.82, 2.24) is 10.2 Å². The molecule has 1 rings (SSSR count). The van der Waals surface area contributed by atoms with Crippen LogP contribution >= 0.6 is 0 Å². The Kier molecular flexibility index (Phi) is 7.20. The van der Waals surface area contributed by atoms with E-state index in [1.165, 1.54) is 43.4 Å². The third kappa shape index (κ3) is 5.23. The molecule has 1 heterocycles. The minimum atomic E-state index is -0.603. The van der Waals surface area contributed by atoms with E-state index < -0.39 is 5.54 Å². The van der Waals surface area contributed by atoms with Gasteiger partial charge in [-0.25, -0.2) is 0 Å². The predicted octanol–water partition coefficient (Wildman–Crippen LogP) is 2.86. The molecule has 2 amide bonds. The van der Waals surface area contributed by atoms with Gasteiger partial charge < -0.3 is 0 Å². The van der Waals surface area contributed by atoms with E-state index in [2.05, 4.69) is 12.2 Å². The fraction of sp³-hybridized carbons (Fsp3) is 0.875. The van der Waals surface area contributed by atoms with Crippen LogP contribution in [0.4, 0.5) is 0 Å². The summed E-state index contributed by atoms with van der Waals surface area (Å²) in [5.74, 6) is -0.172. The van der Waals surface area contributed by atoms with E-state index in [1.54, 1.807) is 0 Å². The average molecular weight is 282 g/mol. The van der Waals surface area contributed by atoms with Crippen LogP contribution in [0, 0.1) is 0 Å². The van der Waals surface area contributed by atoms with E-state index in [0.29, 0.717) is 6.54 Å². The molecule has 0 aromatic rings. The summed E-state index contributed by atoms with van der Waals surface area (Å²) < 4.78 is 0. The molecule has 0 aromatic heterocycles. The predicted molar refractivity (Wildman–Crippen MR) is 81.4 cm³/mol. The number of carbonyl (C=O) groups excluding carboxylic acids is 2. The normalized spacial score (nSPS) is 18.6. The second-order valence-electron chi connectivity index (χ2n) is 6.30. The highest BCUT2D eigenvalue weighted by Crippen LogP contribution is 2.15. The minimum Gasteiger partial charge on any atom is -0.295 e. The van der Waals surface area contributed by atoms with E-state index in [-0.39, 0.29) is 18.4 Å². The Balaban J connectivity index is 2.17. The van der Waals surface area contributed by atoms with Gasteiger partial charge in [-0.15, -0.1) is 0 Å². The Morgan fingerprint density at radius 2 is 1.55 bits per heavy atom. The van der Waals surface area contributed by atoms with E-state index in [0.717, 1.165) is 12.8 Å². The number of unbranched alkanes of at least 4 members (excludes halogenated alkanes) is 7. The summed E-state index contributed by atoms with van der Waals surface area (Å²) in [6.45, 7) is 6.75. The van der Waals surface area contributed by atoms with Crippen molar-refractivity contribution < 1.29 is 9.59 Å². The standard InChI is InChI=1S/C16H30N2O2/c1-4-5-6-7-8-9-10-11-12-18-14(19)13-17-16(2,3)15(18)20/h17H,4-13H2,1-3H3. The molecule has 4 nitrogen and oxygen atoms in total. The first-order chi connectivity index (χ1) is 9.49. The molecule has 0 aliphatic carbocycles. The highest BCUT2D eigenvalue weighted by molar-refractivity contribution is 6.02. The van der Waals surface area contributed by atoms with Crippen LogP contribution in [0.5, 0.6) is 0 Å². The average Bonchev–Trinajstić information content (AvgIpc) is 2.41. The summed E-state index contributed by atoms with van der Waals surface area (Å²) in [7, 11) is 0. The molecule has 0 radical (unpaired) electrons. The number of rotatable bonds is 9. The van der Waals surface area contributed by atoms with Crippen LogP contribution < -0.4 is 5.32 Å². The number of carbonyl (C=O) groups is 2. The summed E-state index contributed by atoms with van der Waals surface area (Å²) in [4.78, 5) is 25.3. The second-order valence-corrected chi connectivity index (χ2v) is 6.30. The van der Waals surface area contributed by atoms with E-state index in [9.17, 15) is 9.59 Å². The van der Waals surface area contributed by atoms with Crippen LogP contribution in [0.25, 0.3) is 0 Å². The Bertz CT molecular complexity index is 326. The van der Waals surface area contributed by atoms with E-state index in [1.807, 2.05) is 13.8 Å². The molecule has 116 valence electrons. The highest BCUT2D eigenvalue weighted by Gasteiger charge is 2.39. The lowest BCUT2D eigenvalue weighted by Crippen LogP contribution is -2.63. The highest BCUT2D eigenvalue weighted by atomic mass is 16.2. The molecule has 0 aromatic carbocycles. The van der Waals surface area contributed by atoms with Crippen molar-refractivity contribution in [2.45, 2.75) is 77.7 Å². The smallest absolute Gasteiger partial charge is 0.248 e. The summed E-state index contributed by atoms with van der Waals surface area (Å²) in [6, 6.07) is 0. The van der Waals surface area contributed by atoms with E-state index >= 15 is 0 Å². The van der Waals surface area contributed by atoms with Gasteiger partial charge in [-0.1, -0.05) is 51.9 Å². The molecule has 20 heavy (non-hydrogen) atoms. The minimum absolute atomic E-state index is 0.0859. The summed E-state index contributed by atoms with van der Waals surface area (Å²) in [5.41, 5.74) is -0.603. The quantitative estimate of drug-likeness (QED) is 0.522. The van der Waals surface area contributed by atoms with Gasteiger partial charge in [0, 0.05) is 6.54 Å². The van der Waals surface area contributed by atoms with Crippen molar-refractivity contribution in [3.05, 3.63) is 0 Å². The lowest BCUT2D eigenvalue weighted by Gasteiger charge is -2.36. The molecule has 4 heteroatoms. The Morgan fingerprint density at radius 3 is 2.15 bits per heavy atom. The summed E-state index contributed by atoms with van der Waals surface area (Å²) in [5, 5.41) is 2.98. The molecule has 1 aliphatic rings. The van der Waals surface area contributed by atoms with Crippen LogP contribution in [-0.4, -0.2) is 35.3 Å². The van der Waals surface area contributed by atoms with Crippen molar-refractivity contribution >= 4 is 11.8 Å². The fourth-order valence-electron chi connectivity index (χ4n) is 2.55. The van der Waals surface area contributed by atoms with Gasteiger partial charge in [0.2, 0.25) is 11.8 Å². The summed E-state index contributed by atoms with van der Waals surface area (Å²) in [6.07, 6.45) is 9.78. The van der Waals surface area contributed by atoms with Crippen molar-refractivity contribution in [1.29, 1.82) is 0 Å². The van der Waals surface area contributed by atoms with Gasteiger partial charge in [-0.2, -0.15) is 0 Å². The number of amides is 2. The largest absolute Gasteiger partial charge is 0.295 e. The fourth-order valence-corrected chi connectivity index (χ4v) is 2.55. The van der Waals surface area contributed by atoms with Gasteiger partial charge in [0.05, 0.1) is 12.1 Å².